The van der Waals surface area contributed by atoms with E-state index in [4.69, 9.17) is 9.47 Å². The molecule has 0 N–H and O–H groups in total. The van der Waals surface area contributed by atoms with Crippen LogP contribution < -0.4 is 9.47 Å². The first-order valence-electron chi connectivity index (χ1n) is 6.42. The van der Waals surface area contributed by atoms with Crippen LogP contribution in [0.2, 0.25) is 0 Å². The van der Waals surface area contributed by atoms with Gasteiger partial charge in [0.25, 0.3) is 0 Å². The van der Waals surface area contributed by atoms with E-state index in [1.54, 1.807) is 0 Å². The molecule has 3 nitrogen and oxygen atoms in total. The van der Waals surface area contributed by atoms with Gasteiger partial charge in [-0.2, -0.15) is 5.26 Å². The minimum atomic E-state index is -0.528. The van der Waals surface area contributed by atoms with Gasteiger partial charge in [0, 0.05) is 29.5 Å². The second-order valence-electron chi connectivity index (χ2n) is 5.55. The fourth-order valence-electron chi connectivity index (χ4n) is 3.06. The molecule has 0 fully saturated rings. The molecular formula is C15H17NO2. The van der Waals surface area contributed by atoms with Crippen molar-refractivity contribution in [3.63, 3.8) is 0 Å². The minimum Gasteiger partial charge on any atom is -0.493 e. The van der Waals surface area contributed by atoms with Crippen molar-refractivity contribution in [3.8, 4) is 17.6 Å². The monoisotopic (exact) mass is 243 g/mol. The third-order valence-electron chi connectivity index (χ3n) is 3.97. The number of rotatable bonds is 1. The summed E-state index contributed by atoms with van der Waals surface area (Å²) in [4.78, 5) is 0. The molecule has 0 amide bonds. The maximum Gasteiger partial charge on any atom is 0.128 e. The lowest BCUT2D eigenvalue weighted by molar-refractivity contribution is 0.349. The summed E-state index contributed by atoms with van der Waals surface area (Å²) >= 11 is 0. The highest BCUT2D eigenvalue weighted by atomic mass is 16.5. The van der Waals surface area contributed by atoms with Crippen molar-refractivity contribution in [3.05, 3.63) is 22.3 Å². The topological polar surface area (TPSA) is 42.2 Å². The lowest BCUT2D eigenvalue weighted by Gasteiger charge is -2.23. The Morgan fingerprint density at radius 1 is 1.06 bits per heavy atom. The van der Waals surface area contributed by atoms with Gasteiger partial charge in [-0.1, -0.05) is 0 Å². The molecule has 2 aliphatic rings. The van der Waals surface area contributed by atoms with Crippen LogP contribution in [0.15, 0.2) is 0 Å². The molecule has 0 unspecified atom stereocenters. The molecule has 0 spiro atoms. The lowest BCUT2D eigenvalue weighted by Crippen LogP contribution is -2.18. The third kappa shape index (κ3) is 1.35. The summed E-state index contributed by atoms with van der Waals surface area (Å²) in [5, 5.41) is 9.43. The Labute approximate surface area is 107 Å². The van der Waals surface area contributed by atoms with E-state index < -0.39 is 5.41 Å². The van der Waals surface area contributed by atoms with E-state index >= 15 is 0 Å². The van der Waals surface area contributed by atoms with Gasteiger partial charge >= 0.3 is 0 Å². The number of hydrogen-bond acceptors (Lipinski definition) is 3. The van der Waals surface area contributed by atoms with Crippen molar-refractivity contribution >= 4 is 0 Å². The van der Waals surface area contributed by atoms with Crippen LogP contribution >= 0.6 is 0 Å². The first kappa shape index (κ1) is 11.4. The number of nitriles is 1. The predicted molar refractivity (Wildman–Crippen MR) is 68.2 cm³/mol. The standard InChI is InChI=1S/C15H17NO2/c1-9-10-4-6-18-14(10)12(15(2,3)8-16)11-5-7-17-13(9)11/h4-7H2,1-3H3. The Bertz CT molecular complexity index is 532. The van der Waals surface area contributed by atoms with Crippen LogP contribution in [0.5, 0.6) is 11.5 Å². The second-order valence-corrected chi connectivity index (χ2v) is 5.55. The highest BCUT2D eigenvalue weighted by Gasteiger charge is 2.36. The van der Waals surface area contributed by atoms with Crippen LogP contribution in [-0.4, -0.2) is 13.2 Å². The van der Waals surface area contributed by atoms with Gasteiger partial charge in [-0.05, 0) is 26.3 Å². The molecule has 2 aliphatic heterocycles. The molecule has 94 valence electrons. The number of fused-ring (bicyclic) bond motifs is 2. The second kappa shape index (κ2) is 3.65. The third-order valence-corrected chi connectivity index (χ3v) is 3.97. The highest BCUT2D eigenvalue weighted by Crippen LogP contribution is 2.48. The fourth-order valence-corrected chi connectivity index (χ4v) is 3.06. The van der Waals surface area contributed by atoms with Crippen molar-refractivity contribution in [2.45, 2.75) is 39.0 Å². The number of ether oxygens (including phenoxy) is 2. The summed E-state index contributed by atoms with van der Waals surface area (Å²) in [5.41, 5.74) is 4.14. The largest absolute Gasteiger partial charge is 0.493 e. The quantitative estimate of drug-likeness (QED) is 0.761. The SMILES string of the molecule is Cc1c2c(c(C(C)(C)C#N)c3c1OCC3)OCC2. The predicted octanol–water partition coefficient (Wildman–Crippen LogP) is 2.67. The fraction of sp³-hybridized carbons (Fsp3) is 0.533. The zero-order chi connectivity index (χ0) is 12.9. The van der Waals surface area contributed by atoms with Gasteiger partial charge in [0.2, 0.25) is 0 Å². The normalized spacial score (nSPS) is 16.6. The molecular weight excluding hydrogens is 226 g/mol. The maximum absolute atomic E-state index is 9.43. The molecule has 2 heterocycles. The van der Waals surface area contributed by atoms with Crippen molar-refractivity contribution in [1.29, 1.82) is 5.26 Å². The molecule has 1 aromatic rings. The smallest absolute Gasteiger partial charge is 0.128 e. The average molecular weight is 243 g/mol. The van der Waals surface area contributed by atoms with E-state index in [0.29, 0.717) is 13.2 Å². The Balaban J connectivity index is 2.36. The van der Waals surface area contributed by atoms with Crippen molar-refractivity contribution in [1.82, 2.24) is 0 Å². The number of hydrogen-bond donors (Lipinski definition) is 0. The van der Waals surface area contributed by atoms with Crippen molar-refractivity contribution < 1.29 is 9.47 Å². The van der Waals surface area contributed by atoms with E-state index in [0.717, 1.165) is 29.9 Å². The Morgan fingerprint density at radius 2 is 1.67 bits per heavy atom. The zero-order valence-electron chi connectivity index (χ0n) is 11.1. The van der Waals surface area contributed by atoms with Crippen LogP contribution in [0.4, 0.5) is 0 Å². The molecule has 3 heteroatoms. The first-order chi connectivity index (χ1) is 8.56. The van der Waals surface area contributed by atoms with E-state index in [2.05, 4.69) is 13.0 Å². The van der Waals surface area contributed by atoms with E-state index in [9.17, 15) is 5.26 Å². The Morgan fingerprint density at radius 3 is 2.33 bits per heavy atom. The van der Waals surface area contributed by atoms with Gasteiger partial charge in [0.1, 0.15) is 11.5 Å². The summed E-state index contributed by atoms with van der Waals surface area (Å²) in [7, 11) is 0. The van der Waals surface area contributed by atoms with Gasteiger partial charge in [0.15, 0.2) is 0 Å². The summed E-state index contributed by atoms with van der Waals surface area (Å²) < 4.78 is 11.6. The van der Waals surface area contributed by atoms with Crippen LogP contribution in [0.1, 0.15) is 36.1 Å². The zero-order valence-corrected chi connectivity index (χ0v) is 11.1. The highest BCUT2D eigenvalue weighted by molar-refractivity contribution is 5.64. The van der Waals surface area contributed by atoms with E-state index in [1.165, 1.54) is 16.7 Å². The van der Waals surface area contributed by atoms with Gasteiger partial charge < -0.3 is 9.47 Å². The minimum absolute atomic E-state index is 0.528. The molecule has 0 saturated heterocycles. The van der Waals surface area contributed by atoms with Crippen molar-refractivity contribution in [2.24, 2.45) is 0 Å². The van der Waals surface area contributed by atoms with E-state index in [1.807, 2.05) is 13.8 Å². The molecule has 3 rings (SSSR count). The van der Waals surface area contributed by atoms with E-state index in [-0.39, 0.29) is 0 Å². The maximum atomic E-state index is 9.43. The molecule has 0 bridgehead atoms. The molecule has 0 radical (unpaired) electrons. The molecule has 0 atom stereocenters. The van der Waals surface area contributed by atoms with Gasteiger partial charge in [-0.25, -0.2) is 0 Å². The summed E-state index contributed by atoms with van der Waals surface area (Å²) in [6, 6.07) is 2.40. The summed E-state index contributed by atoms with van der Waals surface area (Å²) in [5.74, 6) is 1.95. The summed E-state index contributed by atoms with van der Waals surface area (Å²) in [6.07, 6.45) is 1.81. The van der Waals surface area contributed by atoms with Crippen LogP contribution in [-0.2, 0) is 18.3 Å². The average Bonchev–Trinajstić information content (AvgIpc) is 2.97. The Kier molecular flexibility index (Phi) is 2.31. The van der Waals surface area contributed by atoms with Gasteiger partial charge in [-0.3, -0.25) is 0 Å². The summed E-state index contributed by atoms with van der Waals surface area (Å²) in [6.45, 7) is 7.44. The van der Waals surface area contributed by atoms with Crippen molar-refractivity contribution in [2.75, 3.05) is 13.2 Å². The van der Waals surface area contributed by atoms with Gasteiger partial charge in [-0.15, -0.1) is 0 Å². The van der Waals surface area contributed by atoms with Crippen LogP contribution in [0.25, 0.3) is 0 Å². The van der Waals surface area contributed by atoms with Crippen LogP contribution in [0.3, 0.4) is 0 Å². The Hall–Kier alpha value is -1.69. The lowest BCUT2D eigenvalue weighted by atomic mass is 9.79. The molecule has 0 saturated carbocycles. The first-order valence-corrected chi connectivity index (χ1v) is 6.42. The molecule has 18 heavy (non-hydrogen) atoms. The molecule has 1 aromatic carbocycles. The van der Waals surface area contributed by atoms with Crippen LogP contribution in [0, 0.1) is 18.3 Å². The van der Waals surface area contributed by atoms with Gasteiger partial charge in [0.05, 0.1) is 24.7 Å². The number of benzene rings is 1. The molecule has 0 aromatic heterocycles. The molecule has 0 aliphatic carbocycles. The number of nitrogens with zero attached hydrogens (tertiary/aromatic N) is 1.